The van der Waals surface area contributed by atoms with Gasteiger partial charge in [-0.25, -0.2) is 0 Å². The van der Waals surface area contributed by atoms with Crippen LogP contribution in [0.15, 0.2) is 0 Å². The van der Waals surface area contributed by atoms with E-state index in [-0.39, 0.29) is 6.42 Å². The second kappa shape index (κ2) is 16.9. The first-order valence-electron chi connectivity index (χ1n) is 11.8. The van der Waals surface area contributed by atoms with Crippen LogP contribution in [0.1, 0.15) is 130 Å². The van der Waals surface area contributed by atoms with Gasteiger partial charge in [-0.15, -0.1) is 0 Å². The summed E-state index contributed by atoms with van der Waals surface area (Å²) in [5.74, 6) is -0.817. The summed E-state index contributed by atoms with van der Waals surface area (Å²) >= 11 is 0. The minimum absolute atomic E-state index is 0.258. The van der Waals surface area contributed by atoms with Crippen LogP contribution in [0.2, 0.25) is 0 Å². The lowest BCUT2D eigenvalue weighted by atomic mass is 9.74. The SMILES string of the molecule is CCCCCCC(CCCC)CC(C)(CCCCCCCCC(=O)O)C(=O)O. The van der Waals surface area contributed by atoms with Gasteiger partial charge in [-0.1, -0.05) is 97.3 Å². The van der Waals surface area contributed by atoms with Gasteiger partial charge < -0.3 is 10.2 Å². The standard InChI is InChI=1S/C24H46O4/c1-4-6-8-13-17-21(16-7-5-2)20-24(3,23(27)28)19-15-12-10-9-11-14-18-22(25)26/h21H,4-20H2,1-3H3,(H,25,26)(H,27,28). The molecular weight excluding hydrogens is 352 g/mol. The highest BCUT2D eigenvalue weighted by atomic mass is 16.4. The molecule has 0 amide bonds. The van der Waals surface area contributed by atoms with Gasteiger partial charge >= 0.3 is 11.9 Å². The number of carbonyl (C=O) groups is 2. The highest BCUT2D eigenvalue weighted by Gasteiger charge is 2.34. The third kappa shape index (κ3) is 14.0. The highest BCUT2D eigenvalue weighted by molar-refractivity contribution is 5.74. The summed E-state index contributed by atoms with van der Waals surface area (Å²) in [7, 11) is 0. The van der Waals surface area contributed by atoms with E-state index in [1.165, 1.54) is 44.9 Å². The number of hydrogen-bond acceptors (Lipinski definition) is 2. The molecule has 0 aromatic rings. The minimum atomic E-state index is -0.718. The second-order valence-corrected chi connectivity index (χ2v) is 8.94. The van der Waals surface area contributed by atoms with E-state index < -0.39 is 17.4 Å². The molecule has 0 saturated heterocycles. The van der Waals surface area contributed by atoms with Crippen molar-refractivity contribution in [2.24, 2.45) is 11.3 Å². The van der Waals surface area contributed by atoms with Crippen LogP contribution in [0.3, 0.4) is 0 Å². The van der Waals surface area contributed by atoms with Crippen LogP contribution in [0.25, 0.3) is 0 Å². The maximum Gasteiger partial charge on any atom is 0.309 e. The van der Waals surface area contributed by atoms with Crippen molar-refractivity contribution in [2.45, 2.75) is 130 Å². The van der Waals surface area contributed by atoms with Gasteiger partial charge in [0.1, 0.15) is 0 Å². The summed E-state index contributed by atoms with van der Waals surface area (Å²) in [6, 6.07) is 0. The lowest BCUT2D eigenvalue weighted by molar-refractivity contribution is -0.149. The number of unbranched alkanes of at least 4 members (excludes halogenated alkanes) is 9. The number of aliphatic carboxylic acids is 2. The number of carboxylic acid groups (broad SMARTS) is 2. The van der Waals surface area contributed by atoms with Gasteiger partial charge in [0.25, 0.3) is 0 Å². The predicted molar refractivity (Wildman–Crippen MR) is 117 cm³/mol. The number of carboxylic acids is 2. The van der Waals surface area contributed by atoms with Gasteiger partial charge in [-0.2, -0.15) is 0 Å². The van der Waals surface area contributed by atoms with Gasteiger partial charge in [0.05, 0.1) is 5.41 Å². The zero-order chi connectivity index (χ0) is 21.3. The van der Waals surface area contributed by atoms with E-state index in [4.69, 9.17) is 5.11 Å². The van der Waals surface area contributed by atoms with Gasteiger partial charge in [-0.05, 0) is 32.1 Å². The lowest BCUT2D eigenvalue weighted by Crippen LogP contribution is -2.30. The molecule has 0 aliphatic carbocycles. The zero-order valence-electron chi connectivity index (χ0n) is 18.8. The third-order valence-electron chi connectivity index (χ3n) is 6.06. The van der Waals surface area contributed by atoms with E-state index in [9.17, 15) is 14.7 Å². The van der Waals surface area contributed by atoms with Crippen molar-refractivity contribution in [3.63, 3.8) is 0 Å². The van der Waals surface area contributed by atoms with Crippen LogP contribution in [-0.4, -0.2) is 22.2 Å². The van der Waals surface area contributed by atoms with Crippen molar-refractivity contribution >= 4 is 11.9 Å². The third-order valence-corrected chi connectivity index (χ3v) is 6.06. The molecule has 0 rings (SSSR count). The van der Waals surface area contributed by atoms with Crippen LogP contribution in [-0.2, 0) is 9.59 Å². The van der Waals surface area contributed by atoms with E-state index in [0.717, 1.165) is 57.8 Å². The maximum absolute atomic E-state index is 12.0. The molecule has 0 bridgehead atoms. The normalized spacial score (nSPS) is 14.5. The topological polar surface area (TPSA) is 74.6 Å². The molecule has 0 spiro atoms. The summed E-state index contributed by atoms with van der Waals surface area (Å²) in [5, 5.41) is 18.5. The average molecular weight is 399 g/mol. The minimum Gasteiger partial charge on any atom is -0.481 e. The number of hydrogen-bond donors (Lipinski definition) is 2. The fourth-order valence-corrected chi connectivity index (χ4v) is 4.13. The summed E-state index contributed by atoms with van der Waals surface area (Å²) < 4.78 is 0. The van der Waals surface area contributed by atoms with Crippen LogP contribution >= 0.6 is 0 Å². The van der Waals surface area contributed by atoms with Crippen molar-refractivity contribution in [1.82, 2.24) is 0 Å². The van der Waals surface area contributed by atoms with Crippen molar-refractivity contribution in [3.05, 3.63) is 0 Å². The molecule has 2 N–H and O–H groups in total. The molecule has 0 aliphatic rings. The summed E-state index contributed by atoms with van der Waals surface area (Å²) in [6.07, 6.45) is 17.4. The molecule has 2 atom stereocenters. The van der Waals surface area contributed by atoms with Gasteiger partial charge in [0.2, 0.25) is 0 Å². The first-order valence-corrected chi connectivity index (χ1v) is 11.8. The van der Waals surface area contributed by atoms with Crippen molar-refractivity contribution in [1.29, 1.82) is 0 Å². The van der Waals surface area contributed by atoms with Crippen LogP contribution in [0.4, 0.5) is 0 Å². The maximum atomic E-state index is 12.0. The molecule has 0 saturated carbocycles. The monoisotopic (exact) mass is 398 g/mol. The summed E-state index contributed by atoms with van der Waals surface area (Å²) in [5.41, 5.74) is -0.605. The first-order chi connectivity index (χ1) is 13.4. The molecule has 0 aliphatic heterocycles. The molecule has 0 aromatic carbocycles. The van der Waals surface area contributed by atoms with Crippen LogP contribution in [0.5, 0.6) is 0 Å². The first kappa shape index (κ1) is 26.9. The Bertz CT molecular complexity index is 407. The molecule has 0 aromatic heterocycles. The van der Waals surface area contributed by atoms with Gasteiger partial charge in [0.15, 0.2) is 0 Å². The van der Waals surface area contributed by atoms with Gasteiger partial charge in [-0.3, -0.25) is 9.59 Å². The molecule has 166 valence electrons. The van der Waals surface area contributed by atoms with E-state index >= 15 is 0 Å². The average Bonchev–Trinajstić information content (AvgIpc) is 2.64. The molecule has 28 heavy (non-hydrogen) atoms. The van der Waals surface area contributed by atoms with E-state index in [1.807, 2.05) is 6.92 Å². The largest absolute Gasteiger partial charge is 0.481 e. The Morgan fingerprint density at radius 2 is 1.29 bits per heavy atom. The second-order valence-electron chi connectivity index (χ2n) is 8.94. The molecule has 2 unspecified atom stereocenters. The van der Waals surface area contributed by atoms with Crippen LogP contribution in [0, 0.1) is 11.3 Å². The summed E-state index contributed by atoms with van der Waals surface area (Å²) in [4.78, 5) is 22.5. The quantitative estimate of drug-likeness (QED) is 0.209. The predicted octanol–water partition coefficient (Wildman–Crippen LogP) is 7.45. The van der Waals surface area contributed by atoms with E-state index in [0.29, 0.717) is 5.92 Å². The fourth-order valence-electron chi connectivity index (χ4n) is 4.13. The van der Waals surface area contributed by atoms with E-state index in [2.05, 4.69) is 13.8 Å². The molecule has 4 heteroatoms. The lowest BCUT2D eigenvalue weighted by Gasteiger charge is -2.30. The van der Waals surface area contributed by atoms with Gasteiger partial charge in [0, 0.05) is 6.42 Å². The Labute approximate surface area is 173 Å². The molecular formula is C24H46O4. The van der Waals surface area contributed by atoms with Crippen molar-refractivity contribution in [3.8, 4) is 0 Å². The molecule has 0 radical (unpaired) electrons. The van der Waals surface area contributed by atoms with Crippen LogP contribution < -0.4 is 0 Å². The Hall–Kier alpha value is -1.06. The fraction of sp³-hybridized carbons (Fsp3) is 0.917. The molecule has 0 heterocycles. The zero-order valence-corrected chi connectivity index (χ0v) is 18.8. The Kier molecular flexibility index (Phi) is 16.2. The van der Waals surface area contributed by atoms with Crippen molar-refractivity contribution < 1.29 is 19.8 Å². The number of rotatable bonds is 20. The summed E-state index contributed by atoms with van der Waals surface area (Å²) in [6.45, 7) is 6.39. The smallest absolute Gasteiger partial charge is 0.309 e. The Balaban J connectivity index is 4.34. The Morgan fingerprint density at radius 3 is 1.86 bits per heavy atom. The van der Waals surface area contributed by atoms with Crippen molar-refractivity contribution in [2.75, 3.05) is 0 Å². The molecule has 0 fully saturated rings. The Morgan fingerprint density at radius 1 is 0.750 bits per heavy atom. The molecule has 4 nitrogen and oxygen atoms in total. The van der Waals surface area contributed by atoms with E-state index in [1.54, 1.807) is 0 Å². The highest BCUT2D eigenvalue weighted by Crippen LogP contribution is 2.36.